The number of ether oxygens (including phenoxy) is 3. The predicted octanol–water partition coefficient (Wildman–Crippen LogP) is 0.566. The van der Waals surface area contributed by atoms with Crippen molar-refractivity contribution in [2.75, 3.05) is 20.8 Å². The number of carbonyl (C=O) groups excluding carboxylic acids is 2. The van der Waals surface area contributed by atoms with E-state index in [4.69, 9.17) is 14.2 Å². The van der Waals surface area contributed by atoms with Crippen molar-refractivity contribution in [1.82, 2.24) is 20.5 Å². The summed E-state index contributed by atoms with van der Waals surface area (Å²) in [5.74, 6) is 1.02. The maximum atomic E-state index is 13.2. The zero-order chi connectivity index (χ0) is 22.5. The molecular formula is C22H24N4O6. The molecule has 10 nitrogen and oxygen atoms in total. The summed E-state index contributed by atoms with van der Waals surface area (Å²) in [4.78, 5) is 31.7. The number of hydrogen-bond donors (Lipinski definition) is 3. The second-order valence-corrected chi connectivity index (χ2v) is 8.20. The van der Waals surface area contributed by atoms with E-state index in [9.17, 15) is 14.7 Å². The zero-order valence-corrected chi connectivity index (χ0v) is 17.8. The molecule has 32 heavy (non-hydrogen) atoms. The summed E-state index contributed by atoms with van der Waals surface area (Å²) in [6, 6.07) is 6.77. The normalized spacial score (nSPS) is 25.8. The SMILES string of the molecule is COc1ccc2c(c1)C(=O)N(C[C@@]1(C3Cc4ncc(CO)cc4O3)NC(=O)NC1OC)C2. The number of aromatic nitrogens is 1. The van der Waals surface area contributed by atoms with Gasteiger partial charge >= 0.3 is 6.03 Å². The van der Waals surface area contributed by atoms with Crippen molar-refractivity contribution in [3.63, 3.8) is 0 Å². The molecule has 5 rings (SSSR count). The van der Waals surface area contributed by atoms with E-state index in [2.05, 4.69) is 15.6 Å². The van der Waals surface area contributed by atoms with Crippen molar-refractivity contribution >= 4 is 11.9 Å². The van der Waals surface area contributed by atoms with Crippen LogP contribution in [0.3, 0.4) is 0 Å². The number of rotatable bonds is 6. The summed E-state index contributed by atoms with van der Waals surface area (Å²) < 4.78 is 17.1. The van der Waals surface area contributed by atoms with Gasteiger partial charge in [0.05, 0.1) is 26.0 Å². The number of carbonyl (C=O) groups is 2. The van der Waals surface area contributed by atoms with Crippen molar-refractivity contribution in [1.29, 1.82) is 0 Å². The number of nitrogens with one attached hydrogen (secondary N) is 2. The van der Waals surface area contributed by atoms with Gasteiger partial charge in [-0.3, -0.25) is 9.78 Å². The van der Waals surface area contributed by atoms with Crippen LogP contribution in [0.25, 0.3) is 0 Å². The topological polar surface area (TPSA) is 122 Å². The molecule has 2 aromatic rings. The second-order valence-electron chi connectivity index (χ2n) is 8.20. The molecule has 4 heterocycles. The molecule has 0 bridgehead atoms. The fourth-order valence-corrected chi connectivity index (χ4v) is 4.73. The van der Waals surface area contributed by atoms with E-state index in [0.29, 0.717) is 35.6 Å². The lowest BCUT2D eigenvalue weighted by Crippen LogP contribution is -2.66. The number of fused-ring (bicyclic) bond motifs is 2. The van der Waals surface area contributed by atoms with Gasteiger partial charge in [-0.25, -0.2) is 4.79 Å². The van der Waals surface area contributed by atoms with E-state index in [1.807, 2.05) is 12.1 Å². The lowest BCUT2D eigenvalue weighted by atomic mass is 9.88. The highest BCUT2D eigenvalue weighted by Crippen LogP contribution is 2.38. The molecule has 3 atom stereocenters. The van der Waals surface area contributed by atoms with Crippen LogP contribution in [-0.2, 0) is 24.3 Å². The smallest absolute Gasteiger partial charge is 0.317 e. The van der Waals surface area contributed by atoms with Gasteiger partial charge in [0, 0.05) is 31.8 Å². The van der Waals surface area contributed by atoms with E-state index >= 15 is 0 Å². The summed E-state index contributed by atoms with van der Waals surface area (Å²) in [6.07, 6.45) is 0.766. The molecule has 1 saturated heterocycles. The van der Waals surface area contributed by atoms with Crippen LogP contribution in [-0.4, -0.2) is 65.6 Å². The fraction of sp³-hybridized carbons (Fsp3) is 0.409. The second kappa shape index (κ2) is 7.64. The first-order valence-corrected chi connectivity index (χ1v) is 10.3. The minimum Gasteiger partial charge on any atom is -0.497 e. The largest absolute Gasteiger partial charge is 0.497 e. The maximum Gasteiger partial charge on any atom is 0.317 e. The molecule has 2 unspecified atom stereocenters. The Hall–Kier alpha value is -3.37. The molecule has 0 spiro atoms. The minimum atomic E-state index is -1.05. The van der Waals surface area contributed by atoms with Crippen molar-refractivity contribution in [2.45, 2.75) is 37.4 Å². The van der Waals surface area contributed by atoms with Gasteiger partial charge in [0.25, 0.3) is 5.91 Å². The monoisotopic (exact) mass is 440 g/mol. The van der Waals surface area contributed by atoms with E-state index in [0.717, 1.165) is 11.3 Å². The number of nitrogens with zero attached hydrogens (tertiary/aromatic N) is 2. The average Bonchev–Trinajstić information content (AvgIpc) is 3.47. The first-order valence-electron chi connectivity index (χ1n) is 10.3. The summed E-state index contributed by atoms with van der Waals surface area (Å²) in [7, 11) is 3.06. The first kappa shape index (κ1) is 20.5. The molecule has 1 fully saturated rings. The van der Waals surface area contributed by atoms with Crippen molar-refractivity contribution < 1.29 is 28.9 Å². The van der Waals surface area contributed by atoms with Gasteiger partial charge in [-0.05, 0) is 29.3 Å². The molecule has 0 saturated carbocycles. The van der Waals surface area contributed by atoms with Crippen molar-refractivity contribution in [2.24, 2.45) is 0 Å². The number of aliphatic hydroxyl groups is 1. The highest BCUT2D eigenvalue weighted by atomic mass is 16.5. The molecule has 3 N–H and O–H groups in total. The number of hydrogen-bond acceptors (Lipinski definition) is 7. The molecule has 10 heteroatoms. The fourth-order valence-electron chi connectivity index (χ4n) is 4.73. The van der Waals surface area contributed by atoms with Gasteiger partial charge in [0.15, 0.2) is 6.23 Å². The predicted molar refractivity (Wildman–Crippen MR) is 111 cm³/mol. The van der Waals surface area contributed by atoms with Crippen molar-refractivity contribution in [3.8, 4) is 11.5 Å². The lowest BCUT2D eigenvalue weighted by Gasteiger charge is -2.40. The minimum absolute atomic E-state index is 0.148. The highest BCUT2D eigenvalue weighted by Gasteiger charge is 2.57. The van der Waals surface area contributed by atoms with Gasteiger partial charge in [0.2, 0.25) is 0 Å². The summed E-state index contributed by atoms with van der Waals surface area (Å²) in [6.45, 7) is 0.423. The Morgan fingerprint density at radius 1 is 1.31 bits per heavy atom. The molecule has 0 radical (unpaired) electrons. The van der Waals surface area contributed by atoms with Crippen LogP contribution in [0.5, 0.6) is 11.5 Å². The van der Waals surface area contributed by atoms with E-state index < -0.39 is 23.9 Å². The Morgan fingerprint density at radius 2 is 2.16 bits per heavy atom. The third kappa shape index (κ3) is 3.14. The zero-order valence-electron chi connectivity index (χ0n) is 17.8. The number of benzene rings is 1. The molecule has 0 aliphatic carbocycles. The first-order chi connectivity index (χ1) is 15.5. The summed E-state index contributed by atoms with van der Waals surface area (Å²) in [5.41, 5.74) is 1.78. The summed E-state index contributed by atoms with van der Waals surface area (Å²) >= 11 is 0. The number of pyridine rings is 1. The average molecular weight is 440 g/mol. The van der Waals surface area contributed by atoms with Crippen LogP contribution >= 0.6 is 0 Å². The number of methoxy groups -OCH3 is 2. The third-order valence-corrected chi connectivity index (χ3v) is 6.35. The quantitative estimate of drug-likeness (QED) is 0.600. The standard InChI is InChI=1S/C22H24N4O6/c1-30-14-4-3-13-9-26(19(28)15(13)6-14)11-22(20(31-2)24-21(29)25-22)18-7-16-17(32-18)5-12(10-27)8-23-16/h3-6,8,18,20,27H,7,9-11H2,1-2H3,(H2,24,25,29)/t18?,20?,22-/m0/s1. The van der Waals surface area contributed by atoms with Gasteiger partial charge in [0.1, 0.15) is 23.1 Å². The molecular weight excluding hydrogens is 416 g/mol. The van der Waals surface area contributed by atoms with E-state index in [1.54, 1.807) is 30.3 Å². The van der Waals surface area contributed by atoms with Crippen LogP contribution in [0.2, 0.25) is 0 Å². The van der Waals surface area contributed by atoms with Crippen LogP contribution < -0.4 is 20.1 Å². The number of amides is 3. The van der Waals surface area contributed by atoms with Gasteiger partial charge in [-0.1, -0.05) is 6.07 Å². The van der Waals surface area contributed by atoms with Crippen LogP contribution in [0.1, 0.15) is 27.2 Å². The summed E-state index contributed by atoms with van der Waals surface area (Å²) in [5, 5.41) is 15.2. The Bertz CT molecular complexity index is 1090. The molecule has 3 amide bonds. The number of urea groups is 1. The Balaban J connectivity index is 1.46. The van der Waals surface area contributed by atoms with E-state index in [-0.39, 0.29) is 19.1 Å². The Morgan fingerprint density at radius 3 is 2.91 bits per heavy atom. The van der Waals surface area contributed by atoms with Gasteiger partial charge < -0.3 is 34.9 Å². The van der Waals surface area contributed by atoms with Gasteiger partial charge in [-0.2, -0.15) is 0 Å². The third-order valence-electron chi connectivity index (χ3n) is 6.35. The maximum absolute atomic E-state index is 13.2. The molecule has 168 valence electrons. The van der Waals surface area contributed by atoms with Crippen molar-refractivity contribution in [3.05, 3.63) is 52.8 Å². The molecule has 3 aliphatic heterocycles. The van der Waals surface area contributed by atoms with Gasteiger partial charge in [-0.15, -0.1) is 0 Å². The number of aliphatic hydroxyl groups excluding tert-OH is 1. The highest BCUT2D eigenvalue weighted by molar-refractivity contribution is 5.99. The molecule has 1 aromatic carbocycles. The van der Waals surface area contributed by atoms with Crippen LogP contribution in [0.4, 0.5) is 4.79 Å². The van der Waals surface area contributed by atoms with Crippen LogP contribution in [0, 0.1) is 0 Å². The molecule has 3 aliphatic rings. The Kier molecular flexibility index (Phi) is 4.90. The van der Waals surface area contributed by atoms with E-state index in [1.165, 1.54) is 7.11 Å². The molecule has 1 aromatic heterocycles. The Labute approximate surface area is 184 Å². The van der Waals surface area contributed by atoms with Crippen LogP contribution in [0.15, 0.2) is 30.5 Å². The lowest BCUT2D eigenvalue weighted by molar-refractivity contribution is -0.0325.